The van der Waals surface area contributed by atoms with Crippen LogP contribution in [-0.2, 0) is 4.79 Å². The Morgan fingerprint density at radius 3 is 2.19 bits per heavy atom. The van der Waals surface area contributed by atoms with Crippen LogP contribution in [0, 0.1) is 11.3 Å². The number of carbonyl (C=O) groups excluding carboxylic acids is 1. The summed E-state index contributed by atoms with van der Waals surface area (Å²) in [5, 5.41) is 3.63. The molecule has 0 saturated heterocycles. The normalized spacial score (nSPS) is 26.8. The van der Waals surface area contributed by atoms with Crippen molar-refractivity contribution in [3.63, 3.8) is 0 Å². The molecule has 2 nitrogen and oxygen atoms in total. The van der Waals surface area contributed by atoms with Crippen molar-refractivity contribution in [2.24, 2.45) is 11.3 Å². The minimum Gasteiger partial charge on any atom is -0.314 e. The van der Waals surface area contributed by atoms with Gasteiger partial charge in [-0.15, -0.1) is 0 Å². The van der Waals surface area contributed by atoms with Crippen LogP contribution in [0.5, 0.6) is 0 Å². The summed E-state index contributed by atoms with van der Waals surface area (Å²) in [5.41, 5.74) is 0.420. The van der Waals surface area contributed by atoms with Gasteiger partial charge in [0.2, 0.25) is 0 Å². The third-order valence-electron chi connectivity index (χ3n) is 3.61. The van der Waals surface area contributed by atoms with Gasteiger partial charge in [-0.2, -0.15) is 0 Å². The molecule has 1 aliphatic rings. The van der Waals surface area contributed by atoms with E-state index in [2.05, 4.69) is 26.1 Å². The predicted molar refractivity (Wildman–Crippen MR) is 68.5 cm³/mol. The number of nitrogens with one attached hydrogen (secondary N) is 1. The average molecular weight is 225 g/mol. The first-order valence-corrected chi connectivity index (χ1v) is 6.62. The van der Waals surface area contributed by atoms with Crippen LogP contribution >= 0.6 is 0 Å². The zero-order chi connectivity index (χ0) is 12.2. The fourth-order valence-corrected chi connectivity index (χ4v) is 2.36. The van der Waals surface area contributed by atoms with E-state index in [1.165, 1.54) is 19.3 Å². The summed E-state index contributed by atoms with van der Waals surface area (Å²) in [6.45, 7) is 9.68. The summed E-state index contributed by atoms with van der Waals surface area (Å²) in [4.78, 5) is 11.2. The lowest BCUT2D eigenvalue weighted by Gasteiger charge is -2.29. The Morgan fingerprint density at radius 1 is 1.19 bits per heavy atom. The number of rotatable bonds is 4. The molecule has 1 aliphatic carbocycles. The van der Waals surface area contributed by atoms with Gasteiger partial charge in [-0.05, 0) is 51.0 Å². The largest absolute Gasteiger partial charge is 0.314 e. The van der Waals surface area contributed by atoms with E-state index in [9.17, 15) is 4.79 Å². The Labute approximate surface area is 100 Å². The topological polar surface area (TPSA) is 29.1 Å². The van der Waals surface area contributed by atoms with Crippen molar-refractivity contribution >= 4 is 5.78 Å². The molecule has 0 aromatic carbocycles. The van der Waals surface area contributed by atoms with E-state index in [4.69, 9.17) is 0 Å². The van der Waals surface area contributed by atoms with E-state index in [0.29, 0.717) is 23.2 Å². The smallest absolute Gasteiger partial charge is 0.132 e. The van der Waals surface area contributed by atoms with E-state index < -0.39 is 0 Å². The molecule has 94 valence electrons. The number of carbonyl (C=O) groups is 1. The summed E-state index contributed by atoms with van der Waals surface area (Å²) in [5.74, 6) is 0.730. The van der Waals surface area contributed by atoms with Crippen molar-refractivity contribution in [3.05, 3.63) is 0 Å². The number of hydrogen-bond donors (Lipinski definition) is 1. The fourth-order valence-electron chi connectivity index (χ4n) is 2.36. The van der Waals surface area contributed by atoms with E-state index >= 15 is 0 Å². The Balaban J connectivity index is 2.15. The lowest BCUT2D eigenvalue weighted by molar-refractivity contribution is -0.121. The molecule has 0 unspecified atom stereocenters. The molecular formula is C14H27NO. The molecule has 16 heavy (non-hydrogen) atoms. The van der Waals surface area contributed by atoms with Crippen molar-refractivity contribution in [1.29, 1.82) is 0 Å². The molecule has 0 atom stereocenters. The van der Waals surface area contributed by atoms with Crippen LogP contribution in [0.25, 0.3) is 0 Å². The maximum atomic E-state index is 11.2. The van der Waals surface area contributed by atoms with Gasteiger partial charge in [-0.3, -0.25) is 4.79 Å². The van der Waals surface area contributed by atoms with E-state index in [1.54, 1.807) is 6.92 Å². The Bertz CT molecular complexity index is 221. The second kappa shape index (κ2) is 5.81. The van der Waals surface area contributed by atoms with Gasteiger partial charge in [-0.25, -0.2) is 0 Å². The molecule has 2 heteroatoms. The molecule has 1 fully saturated rings. The lowest BCUT2D eigenvalue weighted by Crippen LogP contribution is -2.36. The Kier molecular flexibility index (Phi) is 4.97. The standard InChI is InChI=1S/C14H27NO/c1-11(16)12-5-7-13(8-6-12)15-10-9-14(2,3)4/h12-13,15H,5-10H2,1-4H3. The van der Waals surface area contributed by atoms with Crippen molar-refractivity contribution < 1.29 is 4.79 Å². The minimum absolute atomic E-state index is 0.348. The number of Topliss-reactive ketones (excluding diaryl/α,β-unsaturated/α-hetero) is 1. The van der Waals surface area contributed by atoms with Gasteiger partial charge in [0.25, 0.3) is 0 Å². The van der Waals surface area contributed by atoms with Gasteiger partial charge in [0.05, 0.1) is 0 Å². The van der Waals surface area contributed by atoms with Crippen molar-refractivity contribution in [3.8, 4) is 0 Å². The van der Waals surface area contributed by atoms with Crippen molar-refractivity contribution in [2.45, 2.75) is 65.8 Å². The highest BCUT2D eigenvalue weighted by atomic mass is 16.1. The first-order chi connectivity index (χ1) is 7.38. The maximum Gasteiger partial charge on any atom is 0.132 e. The van der Waals surface area contributed by atoms with Crippen LogP contribution < -0.4 is 5.32 Å². The molecule has 0 aromatic heterocycles. The summed E-state index contributed by atoms with van der Waals surface area (Å²) in [7, 11) is 0. The van der Waals surface area contributed by atoms with Crippen molar-refractivity contribution in [2.75, 3.05) is 6.54 Å². The van der Waals surface area contributed by atoms with Gasteiger partial charge in [0, 0.05) is 12.0 Å². The Hall–Kier alpha value is -0.370. The first-order valence-electron chi connectivity index (χ1n) is 6.62. The van der Waals surface area contributed by atoms with Gasteiger partial charge in [-0.1, -0.05) is 20.8 Å². The second-order valence-electron chi connectivity index (χ2n) is 6.42. The highest BCUT2D eigenvalue weighted by Gasteiger charge is 2.23. The maximum absolute atomic E-state index is 11.2. The SMILES string of the molecule is CC(=O)C1CCC(NCCC(C)(C)C)CC1. The zero-order valence-corrected chi connectivity index (χ0v) is 11.3. The van der Waals surface area contributed by atoms with Crippen LogP contribution in [0.2, 0.25) is 0 Å². The van der Waals surface area contributed by atoms with Gasteiger partial charge >= 0.3 is 0 Å². The molecule has 0 amide bonds. The molecule has 1 saturated carbocycles. The van der Waals surface area contributed by atoms with Gasteiger partial charge in [0.15, 0.2) is 0 Å². The quantitative estimate of drug-likeness (QED) is 0.796. The molecule has 0 heterocycles. The summed E-state index contributed by atoms with van der Waals surface area (Å²) < 4.78 is 0. The van der Waals surface area contributed by atoms with Crippen LogP contribution in [0.3, 0.4) is 0 Å². The van der Waals surface area contributed by atoms with Gasteiger partial charge in [0.1, 0.15) is 5.78 Å². The van der Waals surface area contributed by atoms with Gasteiger partial charge < -0.3 is 5.32 Å². The third kappa shape index (κ3) is 5.11. The molecule has 0 radical (unpaired) electrons. The van der Waals surface area contributed by atoms with E-state index in [0.717, 1.165) is 19.4 Å². The monoisotopic (exact) mass is 225 g/mol. The minimum atomic E-state index is 0.348. The average Bonchev–Trinajstić information content (AvgIpc) is 2.16. The molecule has 0 spiro atoms. The first kappa shape index (κ1) is 13.7. The van der Waals surface area contributed by atoms with E-state index in [-0.39, 0.29) is 0 Å². The van der Waals surface area contributed by atoms with E-state index in [1.807, 2.05) is 0 Å². The summed E-state index contributed by atoms with van der Waals surface area (Å²) in [6, 6.07) is 0.651. The second-order valence-corrected chi connectivity index (χ2v) is 6.42. The van der Waals surface area contributed by atoms with Crippen LogP contribution in [0.4, 0.5) is 0 Å². The molecule has 0 bridgehead atoms. The highest BCUT2D eigenvalue weighted by molar-refractivity contribution is 5.78. The van der Waals surface area contributed by atoms with Crippen LogP contribution in [0.1, 0.15) is 59.8 Å². The third-order valence-corrected chi connectivity index (χ3v) is 3.61. The van der Waals surface area contributed by atoms with Crippen molar-refractivity contribution in [1.82, 2.24) is 5.32 Å². The number of ketones is 1. The predicted octanol–water partition coefficient (Wildman–Crippen LogP) is 3.16. The van der Waals surface area contributed by atoms with Crippen LogP contribution in [0.15, 0.2) is 0 Å². The molecule has 0 aromatic rings. The molecule has 1 N–H and O–H groups in total. The Morgan fingerprint density at radius 2 is 1.75 bits per heavy atom. The fraction of sp³-hybridized carbons (Fsp3) is 0.929. The molecular weight excluding hydrogens is 198 g/mol. The highest BCUT2D eigenvalue weighted by Crippen LogP contribution is 2.25. The van der Waals surface area contributed by atoms with Crippen LogP contribution in [-0.4, -0.2) is 18.4 Å². The zero-order valence-electron chi connectivity index (χ0n) is 11.3. The number of hydrogen-bond acceptors (Lipinski definition) is 2. The molecule has 0 aliphatic heterocycles. The lowest BCUT2D eigenvalue weighted by atomic mass is 9.83. The molecule has 1 rings (SSSR count). The summed E-state index contributed by atoms with van der Waals surface area (Å²) >= 11 is 0. The summed E-state index contributed by atoms with van der Waals surface area (Å²) in [6.07, 6.45) is 5.74.